The molecule has 0 radical (unpaired) electrons. The first-order chi connectivity index (χ1) is 10.5. The molecule has 0 fully saturated rings. The van der Waals surface area contributed by atoms with Gasteiger partial charge in [0.25, 0.3) is 0 Å². The van der Waals surface area contributed by atoms with E-state index in [9.17, 15) is 9.90 Å². The van der Waals surface area contributed by atoms with E-state index in [4.69, 9.17) is 4.74 Å². The van der Waals surface area contributed by atoms with Gasteiger partial charge in [0.05, 0.1) is 0 Å². The molecule has 1 aromatic carbocycles. The van der Waals surface area contributed by atoms with Crippen LogP contribution in [0, 0.1) is 5.92 Å². The second-order valence-corrected chi connectivity index (χ2v) is 7.45. The Morgan fingerprint density at radius 2 is 1.74 bits per heavy atom. The lowest BCUT2D eigenvalue weighted by Crippen LogP contribution is -2.55. The minimum Gasteiger partial charge on any atom is -0.508 e. The van der Waals surface area contributed by atoms with Crippen molar-refractivity contribution in [2.24, 2.45) is 5.92 Å². The first-order valence-corrected chi connectivity index (χ1v) is 8.01. The van der Waals surface area contributed by atoms with Crippen molar-refractivity contribution in [3.8, 4) is 5.75 Å². The Labute approximate surface area is 139 Å². The summed E-state index contributed by atoms with van der Waals surface area (Å²) < 4.78 is 5.28. The summed E-state index contributed by atoms with van der Waals surface area (Å²) in [5.74, 6) is 0.571. The summed E-state index contributed by atoms with van der Waals surface area (Å²) in [6.45, 7) is 13.0. The van der Waals surface area contributed by atoms with E-state index in [0.717, 1.165) is 5.56 Å². The van der Waals surface area contributed by atoms with Crippen LogP contribution in [0.5, 0.6) is 5.75 Å². The molecule has 0 aliphatic carbocycles. The molecule has 1 rings (SSSR count). The van der Waals surface area contributed by atoms with Crippen LogP contribution in [0.1, 0.15) is 47.1 Å². The van der Waals surface area contributed by atoms with Crippen molar-refractivity contribution in [2.45, 2.75) is 59.2 Å². The summed E-state index contributed by atoms with van der Waals surface area (Å²) in [6, 6.07) is 7.10. The van der Waals surface area contributed by atoms with Gasteiger partial charge in [0.2, 0.25) is 0 Å². The zero-order valence-electron chi connectivity index (χ0n) is 15.1. The number of phenolic OH excluding ortho intramolecular Hbond substituents is 1. The van der Waals surface area contributed by atoms with Gasteiger partial charge in [-0.3, -0.25) is 0 Å². The van der Waals surface area contributed by atoms with E-state index >= 15 is 0 Å². The molecule has 0 saturated carbocycles. The maximum Gasteiger partial charge on any atom is 0.407 e. The molecule has 0 bridgehead atoms. The molecular formula is C18H30N2O3. The molecule has 5 nitrogen and oxygen atoms in total. The number of amides is 1. The van der Waals surface area contributed by atoms with Crippen LogP contribution in [-0.2, 0) is 11.3 Å². The monoisotopic (exact) mass is 322 g/mol. The normalized spacial score (nSPS) is 14.4. The number of ether oxygens (including phenoxy) is 1. The second-order valence-electron chi connectivity index (χ2n) is 7.45. The fourth-order valence-electron chi connectivity index (χ4n) is 1.96. The lowest BCUT2D eigenvalue weighted by molar-refractivity contribution is 0.0503. The first-order valence-electron chi connectivity index (χ1n) is 8.01. The minimum atomic E-state index is -0.502. The maximum absolute atomic E-state index is 11.9. The predicted molar refractivity (Wildman–Crippen MR) is 92.4 cm³/mol. The van der Waals surface area contributed by atoms with Crippen LogP contribution in [0.15, 0.2) is 24.3 Å². The summed E-state index contributed by atoms with van der Waals surface area (Å²) >= 11 is 0. The van der Waals surface area contributed by atoms with Gasteiger partial charge in [0, 0.05) is 18.6 Å². The SMILES string of the molecule is CC(C)C(C)(CNC(=O)OC(C)(C)C)NCc1ccc(O)cc1. The molecule has 130 valence electrons. The number of rotatable bonds is 6. The highest BCUT2D eigenvalue weighted by molar-refractivity contribution is 5.67. The van der Waals surface area contributed by atoms with Crippen LogP contribution in [0.4, 0.5) is 4.79 Å². The number of nitrogens with one attached hydrogen (secondary N) is 2. The molecule has 1 amide bonds. The molecule has 0 spiro atoms. The van der Waals surface area contributed by atoms with E-state index in [1.807, 2.05) is 32.9 Å². The standard InChI is InChI=1S/C18H30N2O3/c1-13(2)18(6,12-19-16(22)23-17(3,4)5)20-11-14-7-9-15(21)10-8-14/h7-10,13,20-21H,11-12H2,1-6H3,(H,19,22). The molecule has 0 aliphatic rings. The molecule has 1 aromatic rings. The van der Waals surface area contributed by atoms with Gasteiger partial charge in [-0.1, -0.05) is 26.0 Å². The van der Waals surface area contributed by atoms with Crippen molar-refractivity contribution in [1.29, 1.82) is 0 Å². The summed E-state index contributed by atoms with van der Waals surface area (Å²) in [6.07, 6.45) is -0.407. The first kappa shape index (κ1) is 19.3. The van der Waals surface area contributed by atoms with Gasteiger partial charge in [-0.15, -0.1) is 0 Å². The molecule has 0 aliphatic heterocycles. The van der Waals surface area contributed by atoms with E-state index in [0.29, 0.717) is 19.0 Å². The third-order valence-corrected chi connectivity index (χ3v) is 3.91. The topological polar surface area (TPSA) is 70.6 Å². The molecule has 1 atom stereocenters. The Bertz CT molecular complexity index is 506. The van der Waals surface area contributed by atoms with Crippen molar-refractivity contribution in [1.82, 2.24) is 10.6 Å². The number of aromatic hydroxyl groups is 1. The van der Waals surface area contributed by atoms with Crippen LogP contribution < -0.4 is 10.6 Å². The van der Waals surface area contributed by atoms with E-state index in [1.165, 1.54) is 0 Å². The summed E-state index contributed by atoms with van der Waals surface area (Å²) in [7, 11) is 0. The third-order valence-electron chi connectivity index (χ3n) is 3.91. The van der Waals surface area contributed by atoms with Gasteiger partial charge in [0.15, 0.2) is 0 Å². The fourth-order valence-corrected chi connectivity index (χ4v) is 1.96. The van der Waals surface area contributed by atoms with Crippen LogP contribution in [0.2, 0.25) is 0 Å². The van der Waals surface area contributed by atoms with Crippen LogP contribution in [0.25, 0.3) is 0 Å². The summed E-state index contributed by atoms with van der Waals surface area (Å²) in [5.41, 5.74) is 0.305. The Morgan fingerprint density at radius 1 is 1.17 bits per heavy atom. The van der Waals surface area contributed by atoms with Crippen LogP contribution in [0.3, 0.4) is 0 Å². The number of phenols is 1. The van der Waals surface area contributed by atoms with E-state index in [2.05, 4.69) is 31.4 Å². The molecule has 5 heteroatoms. The van der Waals surface area contributed by atoms with E-state index in [1.54, 1.807) is 12.1 Å². The summed E-state index contributed by atoms with van der Waals surface area (Å²) in [5, 5.41) is 15.7. The second kappa shape index (κ2) is 7.68. The van der Waals surface area contributed by atoms with E-state index in [-0.39, 0.29) is 11.3 Å². The Balaban J connectivity index is 2.60. The van der Waals surface area contributed by atoms with Gasteiger partial charge < -0.3 is 20.5 Å². The van der Waals surface area contributed by atoms with Crippen LogP contribution in [-0.4, -0.2) is 28.9 Å². The Kier molecular flexibility index (Phi) is 6.45. The molecule has 0 aromatic heterocycles. The fraction of sp³-hybridized carbons (Fsp3) is 0.611. The smallest absolute Gasteiger partial charge is 0.407 e. The number of benzene rings is 1. The molecule has 0 saturated heterocycles. The molecule has 1 unspecified atom stereocenters. The zero-order valence-corrected chi connectivity index (χ0v) is 15.1. The van der Waals surface area contributed by atoms with Gasteiger partial charge in [-0.2, -0.15) is 0 Å². The highest BCUT2D eigenvalue weighted by atomic mass is 16.6. The number of hydrogen-bond donors (Lipinski definition) is 3. The zero-order chi connectivity index (χ0) is 17.7. The van der Waals surface area contributed by atoms with Crippen molar-refractivity contribution < 1.29 is 14.6 Å². The number of hydrogen-bond acceptors (Lipinski definition) is 4. The average molecular weight is 322 g/mol. The number of carbonyl (C=O) groups excluding carboxylic acids is 1. The molecule has 0 heterocycles. The lowest BCUT2D eigenvalue weighted by atomic mass is 9.88. The van der Waals surface area contributed by atoms with Gasteiger partial charge in [0.1, 0.15) is 11.4 Å². The van der Waals surface area contributed by atoms with E-state index < -0.39 is 11.7 Å². The molecule has 23 heavy (non-hydrogen) atoms. The largest absolute Gasteiger partial charge is 0.508 e. The van der Waals surface area contributed by atoms with Gasteiger partial charge in [-0.05, 0) is 51.3 Å². The predicted octanol–water partition coefficient (Wildman–Crippen LogP) is 3.42. The van der Waals surface area contributed by atoms with Crippen molar-refractivity contribution >= 4 is 6.09 Å². The third kappa shape index (κ3) is 6.91. The molecule has 3 N–H and O–H groups in total. The summed E-state index contributed by atoms with van der Waals surface area (Å²) in [4.78, 5) is 11.9. The quantitative estimate of drug-likeness (QED) is 0.750. The van der Waals surface area contributed by atoms with Crippen molar-refractivity contribution in [3.63, 3.8) is 0 Å². The van der Waals surface area contributed by atoms with Crippen LogP contribution >= 0.6 is 0 Å². The molecular weight excluding hydrogens is 292 g/mol. The Hall–Kier alpha value is -1.75. The van der Waals surface area contributed by atoms with Crippen molar-refractivity contribution in [3.05, 3.63) is 29.8 Å². The number of alkyl carbamates (subject to hydrolysis) is 1. The van der Waals surface area contributed by atoms with Crippen molar-refractivity contribution in [2.75, 3.05) is 6.54 Å². The Morgan fingerprint density at radius 3 is 2.22 bits per heavy atom. The van der Waals surface area contributed by atoms with Gasteiger partial charge in [-0.25, -0.2) is 4.79 Å². The minimum absolute atomic E-state index is 0.256. The lowest BCUT2D eigenvalue weighted by Gasteiger charge is -2.35. The van der Waals surface area contributed by atoms with Gasteiger partial charge >= 0.3 is 6.09 Å². The number of carbonyl (C=O) groups is 1. The maximum atomic E-state index is 11.9. The average Bonchev–Trinajstić information content (AvgIpc) is 2.42. The highest BCUT2D eigenvalue weighted by Gasteiger charge is 2.29. The highest BCUT2D eigenvalue weighted by Crippen LogP contribution is 2.18.